The molecular weight excluding hydrogens is 188 g/mol. The lowest BCUT2D eigenvalue weighted by Crippen LogP contribution is -2.22. The van der Waals surface area contributed by atoms with E-state index in [9.17, 15) is 5.21 Å². The van der Waals surface area contributed by atoms with Gasteiger partial charge in [-0.25, -0.2) is 0 Å². The Morgan fingerprint density at radius 2 is 1.93 bits per heavy atom. The number of nitrogens with zero attached hydrogens (tertiary/aromatic N) is 2. The minimum atomic E-state index is 0.308. The molecule has 0 aliphatic carbocycles. The zero-order valence-corrected chi connectivity index (χ0v) is 7.68. The monoisotopic (exact) mass is 196 g/mol. The molecule has 1 aromatic heterocycles. The van der Waals surface area contributed by atoms with Gasteiger partial charge in [0.25, 0.3) is 5.52 Å². The Labute approximate surface area is 79.2 Å². The molecule has 1 heterocycles. The number of ether oxygens (including phenoxy) is 2. The van der Waals surface area contributed by atoms with E-state index < -0.39 is 0 Å². The minimum absolute atomic E-state index is 0.308. The van der Waals surface area contributed by atoms with Gasteiger partial charge in [-0.2, -0.15) is 0 Å². The zero-order chi connectivity index (χ0) is 10.1. The molecule has 2 rings (SSSR count). The van der Waals surface area contributed by atoms with Gasteiger partial charge in [-0.05, 0) is 4.90 Å². The van der Waals surface area contributed by atoms with E-state index in [1.54, 1.807) is 6.07 Å². The van der Waals surface area contributed by atoms with E-state index in [0.717, 1.165) is 0 Å². The largest absolute Gasteiger partial charge is 0.493 e. The van der Waals surface area contributed by atoms with Gasteiger partial charge in [0.15, 0.2) is 11.5 Å². The van der Waals surface area contributed by atoms with Crippen LogP contribution in [0.2, 0.25) is 0 Å². The second-order valence-corrected chi connectivity index (χ2v) is 2.63. The van der Waals surface area contributed by atoms with Crippen molar-refractivity contribution < 1.29 is 19.0 Å². The fourth-order valence-corrected chi connectivity index (χ4v) is 1.20. The second kappa shape index (κ2) is 3.06. The Morgan fingerprint density at radius 3 is 2.57 bits per heavy atom. The maximum absolute atomic E-state index is 11.0. The SMILES string of the molecule is COc1cc2no[n+]([O-])c2cc1OC. The molecule has 6 nitrogen and oxygen atoms in total. The summed E-state index contributed by atoms with van der Waals surface area (Å²) < 4.78 is 14.5. The van der Waals surface area contributed by atoms with Crippen molar-refractivity contribution in [1.82, 2.24) is 5.16 Å². The molecule has 0 aliphatic rings. The third-order valence-electron chi connectivity index (χ3n) is 1.89. The predicted molar refractivity (Wildman–Crippen MR) is 46.1 cm³/mol. The highest BCUT2D eigenvalue weighted by Gasteiger charge is 2.15. The van der Waals surface area contributed by atoms with Crippen molar-refractivity contribution in [3.05, 3.63) is 17.3 Å². The number of aromatic nitrogens is 2. The normalized spacial score (nSPS) is 10.4. The predicted octanol–water partition coefficient (Wildman–Crippen LogP) is 0.478. The van der Waals surface area contributed by atoms with Crippen LogP contribution in [0, 0.1) is 5.21 Å². The summed E-state index contributed by atoms with van der Waals surface area (Å²) in [6.07, 6.45) is 0. The van der Waals surface area contributed by atoms with Gasteiger partial charge >= 0.3 is 0 Å². The zero-order valence-electron chi connectivity index (χ0n) is 7.68. The van der Waals surface area contributed by atoms with Gasteiger partial charge in [0.2, 0.25) is 5.52 Å². The quantitative estimate of drug-likeness (QED) is 0.653. The standard InChI is InChI=1S/C8H8N2O4/c1-12-7-3-5-6(4-8(7)13-2)10(11)14-9-5/h3-4H,1-2H3. The molecule has 0 N–H and O–H groups in total. The molecule has 0 bridgehead atoms. The Kier molecular flexibility index (Phi) is 1.88. The van der Waals surface area contributed by atoms with Crippen LogP contribution in [0.5, 0.6) is 11.5 Å². The van der Waals surface area contributed by atoms with Crippen molar-refractivity contribution >= 4 is 11.0 Å². The smallest absolute Gasteiger partial charge is 0.252 e. The molecule has 6 heteroatoms. The minimum Gasteiger partial charge on any atom is -0.493 e. The molecule has 0 amide bonds. The van der Waals surface area contributed by atoms with Gasteiger partial charge < -0.3 is 14.7 Å². The summed E-state index contributed by atoms with van der Waals surface area (Å²) in [6, 6.07) is 3.09. The summed E-state index contributed by atoms with van der Waals surface area (Å²) in [7, 11) is 3.00. The van der Waals surface area contributed by atoms with Crippen LogP contribution in [0.15, 0.2) is 16.8 Å². The van der Waals surface area contributed by atoms with E-state index in [1.165, 1.54) is 20.3 Å². The molecule has 0 spiro atoms. The first-order chi connectivity index (χ1) is 6.76. The van der Waals surface area contributed by atoms with Crippen LogP contribution in [0.3, 0.4) is 0 Å². The molecule has 14 heavy (non-hydrogen) atoms. The maximum atomic E-state index is 11.0. The highest BCUT2D eigenvalue weighted by atomic mass is 16.8. The van der Waals surface area contributed by atoms with Gasteiger partial charge in [0.05, 0.1) is 14.2 Å². The fourth-order valence-electron chi connectivity index (χ4n) is 1.20. The maximum Gasteiger partial charge on any atom is 0.252 e. The molecule has 0 saturated heterocycles. The average Bonchev–Trinajstić information content (AvgIpc) is 2.58. The summed E-state index contributed by atoms with van der Waals surface area (Å²) in [6.45, 7) is 0. The molecule has 0 radical (unpaired) electrons. The second-order valence-electron chi connectivity index (χ2n) is 2.63. The van der Waals surface area contributed by atoms with Crippen LogP contribution in [0.25, 0.3) is 11.0 Å². The van der Waals surface area contributed by atoms with Crippen LogP contribution in [-0.2, 0) is 0 Å². The van der Waals surface area contributed by atoms with E-state index in [0.29, 0.717) is 27.4 Å². The molecule has 0 aliphatic heterocycles. The summed E-state index contributed by atoms with van der Waals surface area (Å²) >= 11 is 0. The topological polar surface area (TPSA) is 71.4 Å². The van der Waals surface area contributed by atoms with Gasteiger partial charge in [-0.15, -0.1) is 0 Å². The lowest BCUT2D eigenvalue weighted by Gasteiger charge is -2.04. The first-order valence-electron chi connectivity index (χ1n) is 3.87. The third-order valence-corrected chi connectivity index (χ3v) is 1.89. The number of rotatable bonds is 2. The first kappa shape index (κ1) is 8.61. The summed E-state index contributed by atoms with van der Waals surface area (Å²) in [5.74, 6) is 0.974. The van der Waals surface area contributed by atoms with Crippen LogP contribution in [-0.4, -0.2) is 19.4 Å². The van der Waals surface area contributed by atoms with E-state index in [4.69, 9.17) is 9.47 Å². The highest BCUT2D eigenvalue weighted by molar-refractivity contribution is 5.75. The Morgan fingerprint density at radius 1 is 1.29 bits per heavy atom. The van der Waals surface area contributed by atoms with Crippen molar-refractivity contribution in [2.24, 2.45) is 0 Å². The lowest BCUT2D eigenvalue weighted by molar-refractivity contribution is -0.782. The fraction of sp³-hybridized carbons (Fsp3) is 0.250. The number of hydrogen-bond donors (Lipinski definition) is 0. The van der Waals surface area contributed by atoms with Crippen molar-refractivity contribution in [2.75, 3.05) is 14.2 Å². The Bertz CT molecular complexity index is 466. The molecule has 74 valence electrons. The lowest BCUT2D eigenvalue weighted by atomic mass is 10.3. The van der Waals surface area contributed by atoms with E-state index in [2.05, 4.69) is 9.79 Å². The van der Waals surface area contributed by atoms with Crippen LogP contribution in [0.1, 0.15) is 0 Å². The van der Waals surface area contributed by atoms with Crippen molar-refractivity contribution in [2.45, 2.75) is 0 Å². The number of benzene rings is 1. The molecule has 0 atom stereocenters. The Hall–Kier alpha value is -1.98. The van der Waals surface area contributed by atoms with E-state index >= 15 is 0 Å². The van der Waals surface area contributed by atoms with E-state index in [-0.39, 0.29) is 0 Å². The third kappa shape index (κ3) is 1.12. The molecule has 0 saturated carbocycles. The first-order valence-corrected chi connectivity index (χ1v) is 3.87. The summed E-state index contributed by atoms with van der Waals surface area (Å²) in [4.78, 5) is 0.317. The van der Waals surface area contributed by atoms with Gasteiger partial charge in [-0.3, -0.25) is 4.63 Å². The average molecular weight is 196 g/mol. The highest BCUT2D eigenvalue weighted by Crippen LogP contribution is 2.29. The van der Waals surface area contributed by atoms with Crippen LogP contribution >= 0.6 is 0 Å². The van der Waals surface area contributed by atoms with Gasteiger partial charge in [0.1, 0.15) is 0 Å². The molecule has 0 unspecified atom stereocenters. The van der Waals surface area contributed by atoms with Crippen LogP contribution in [0.4, 0.5) is 0 Å². The molecule has 2 aromatic rings. The molecular formula is C8H8N2O4. The van der Waals surface area contributed by atoms with Crippen LogP contribution < -0.4 is 14.4 Å². The van der Waals surface area contributed by atoms with E-state index in [1.807, 2.05) is 0 Å². The Balaban J connectivity index is 2.71. The molecule has 0 fully saturated rings. The van der Waals surface area contributed by atoms with Gasteiger partial charge in [0, 0.05) is 17.3 Å². The van der Waals surface area contributed by atoms with Crippen molar-refractivity contribution in [3.63, 3.8) is 0 Å². The van der Waals surface area contributed by atoms with Gasteiger partial charge in [-0.1, -0.05) is 0 Å². The number of fused-ring (bicyclic) bond motifs is 1. The summed E-state index contributed by atoms with van der Waals surface area (Å²) in [5.41, 5.74) is 0.736. The molecule has 1 aromatic carbocycles. The summed E-state index contributed by atoms with van der Waals surface area (Å²) in [5, 5.41) is 14.6. The number of methoxy groups -OCH3 is 2. The van der Waals surface area contributed by atoms with Crippen molar-refractivity contribution in [1.29, 1.82) is 0 Å². The van der Waals surface area contributed by atoms with Crippen molar-refractivity contribution in [3.8, 4) is 11.5 Å². The number of hydrogen-bond acceptors (Lipinski definition) is 5.